The second-order valence-electron chi connectivity index (χ2n) is 9.23. The Labute approximate surface area is 170 Å². The van der Waals surface area contributed by atoms with E-state index in [1.807, 2.05) is 18.2 Å². The fourth-order valence-electron chi connectivity index (χ4n) is 4.43. The third-order valence-electron chi connectivity index (χ3n) is 6.33. The maximum Gasteiger partial charge on any atom is 0.251 e. The van der Waals surface area contributed by atoms with Crippen molar-refractivity contribution in [3.05, 3.63) is 51.9 Å². The quantitative estimate of drug-likeness (QED) is 0.783. The fraction of sp³-hybridized carbons (Fsp3) is 0.478. The molecule has 4 rings (SSSR count). The molecule has 3 N–H and O–H groups in total. The zero-order valence-electron chi connectivity index (χ0n) is 16.7. The topological polar surface area (TPSA) is 72.2 Å². The van der Waals surface area contributed by atoms with E-state index in [1.165, 1.54) is 10.4 Å². The van der Waals surface area contributed by atoms with Gasteiger partial charge in [-0.05, 0) is 54.1 Å². The third-order valence-corrected chi connectivity index (χ3v) is 7.50. The van der Waals surface area contributed by atoms with E-state index < -0.39 is 5.91 Å². The van der Waals surface area contributed by atoms with Crippen LogP contribution in [0.2, 0.25) is 0 Å². The summed E-state index contributed by atoms with van der Waals surface area (Å²) in [5.41, 5.74) is 8.74. The number of primary amides is 1. The van der Waals surface area contributed by atoms with E-state index in [0.29, 0.717) is 16.5 Å². The van der Waals surface area contributed by atoms with Gasteiger partial charge in [0.15, 0.2) is 0 Å². The lowest BCUT2D eigenvalue weighted by atomic mass is 9.72. The Kier molecular flexibility index (Phi) is 4.82. The molecule has 2 aromatic rings. The number of hydrogen-bond donors (Lipinski definition) is 2. The lowest BCUT2D eigenvalue weighted by molar-refractivity contribution is -0.117. The van der Waals surface area contributed by atoms with Gasteiger partial charge < -0.3 is 11.1 Å². The summed E-state index contributed by atoms with van der Waals surface area (Å²) in [7, 11) is 0. The van der Waals surface area contributed by atoms with E-state index in [9.17, 15) is 9.59 Å². The van der Waals surface area contributed by atoms with Crippen LogP contribution in [0, 0.1) is 17.3 Å². The molecule has 1 saturated carbocycles. The van der Waals surface area contributed by atoms with Gasteiger partial charge in [0.25, 0.3) is 5.91 Å². The number of nitrogens with one attached hydrogen (secondary N) is 1. The van der Waals surface area contributed by atoms with Gasteiger partial charge in [0, 0.05) is 10.8 Å². The minimum Gasteiger partial charge on any atom is -0.365 e. The Hall–Kier alpha value is -2.14. The standard InChI is InChI=1S/C23H28N2O2S/c1-23(2,3)14-9-10-15-18(11-14)28-22(19(15)20(24)26)25-21(27)17-12-16(17)13-7-5-4-6-8-13/h4-8,14,16-17H,9-12H2,1-3H3,(H2,24,26)(H,25,27)/t14-,16-,17+/m1/s1. The molecule has 0 aliphatic heterocycles. The lowest BCUT2D eigenvalue weighted by Crippen LogP contribution is -2.27. The highest BCUT2D eigenvalue weighted by Crippen LogP contribution is 2.49. The van der Waals surface area contributed by atoms with Crippen LogP contribution in [0.15, 0.2) is 30.3 Å². The summed E-state index contributed by atoms with van der Waals surface area (Å²) >= 11 is 1.55. The number of nitrogens with two attached hydrogens (primary N) is 1. The van der Waals surface area contributed by atoms with E-state index in [0.717, 1.165) is 31.2 Å². The summed E-state index contributed by atoms with van der Waals surface area (Å²) in [5.74, 6) is 0.399. The molecule has 0 saturated heterocycles. The van der Waals surface area contributed by atoms with Crippen LogP contribution in [0.25, 0.3) is 0 Å². The molecule has 2 aliphatic rings. The van der Waals surface area contributed by atoms with E-state index in [1.54, 1.807) is 11.3 Å². The Morgan fingerprint density at radius 1 is 1.18 bits per heavy atom. The fourth-order valence-corrected chi connectivity index (χ4v) is 5.77. The second-order valence-corrected chi connectivity index (χ2v) is 10.3. The maximum atomic E-state index is 12.8. The zero-order valence-corrected chi connectivity index (χ0v) is 17.6. The molecule has 2 amide bonds. The van der Waals surface area contributed by atoms with Gasteiger partial charge in [0.05, 0.1) is 5.56 Å². The van der Waals surface area contributed by atoms with Crippen molar-refractivity contribution in [3.63, 3.8) is 0 Å². The van der Waals surface area contributed by atoms with Crippen LogP contribution >= 0.6 is 11.3 Å². The molecule has 1 aromatic heterocycles. The first-order valence-corrected chi connectivity index (χ1v) is 10.9. The zero-order chi connectivity index (χ0) is 20.1. The molecule has 4 nitrogen and oxygen atoms in total. The molecule has 28 heavy (non-hydrogen) atoms. The smallest absolute Gasteiger partial charge is 0.251 e. The van der Waals surface area contributed by atoms with Crippen LogP contribution in [0.5, 0.6) is 0 Å². The third kappa shape index (κ3) is 3.60. The van der Waals surface area contributed by atoms with Crippen molar-refractivity contribution in [3.8, 4) is 0 Å². The summed E-state index contributed by atoms with van der Waals surface area (Å²) in [6, 6.07) is 10.1. The minimum atomic E-state index is -0.433. The molecule has 1 heterocycles. The molecule has 2 aliphatic carbocycles. The van der Waals surface area contributed by atoms with Crippen LogP contribution in [0.3, 0.4) is 0 Å². The van der Waals surface area contributed by atoms with Crippen LogP contribution in [-0.2, 0) is 17.6 Å². The van der Waals surface area contributed by atoms with Gasteiger partial charge in [-0.3, -0.25) is 9.59 Å². The predicted molar refractivity (Wildman–Crippen MR) is 114 cm³/mol. The van der Waals surface area contributed by atoms with E-state index in [-0.39, 0.29) is 23.2 Å². The first-order chi connectivity index (χ1) is 13.3. The average molecular weight is 397 g/mol. The van der Waals surface area contributed by atoms with Gasteiger partial charge in [-0.15, -0.1) is 11.3 Å². The highest BCUT2D eigenvalue weighted by Gasteiger charge is 2.44. The van der Waals surface area contributed by atoms with Gasteiger partial charge >= 0.3 is 0 Å². The van der Waals surface area contributed by atoms with Crippen molar-refractivity contribution < 1.29 is 9.59 Å². The Bertz CT molecular complexity index is 911. The number of amides is 2. The monoisotopic (exact) mass is 396 g/mol. The maximum absolute atomic E-state index is 12.8. The molecule has 0 spiro atoms. The van der Waals surface area contributed by atoms with Gasteiger partial charge in [0.1, 0.15) is 5.00 Å². The summed E-state index contributed by atoms with van der Waals surface area (Å²) < 4.78 is 0. The van der Waals surface area contributed by atoms with Crippen LogP contribution in [0.1, 0.15) is 65.9 Å². The number of carbonyl (C=O) groups excluding carboxylic acids is 2. The Morgan fingerprint density at radius 3 is 2.54 bits per heavy atom. The molecule has 0 unspecified atom stereocenters. The Morgan fingerprint density at radius 2 is 1.89 bits per heavy atom. The normalized spacial score (nSPS) is 23.8. The van der Waals surface area contributed by atoms with Crippen molar-refractivity contribution in [1.29, 1.82) is 0 Å². The van der Waals surface area contributed by atoms with Gasteiger partial charge in [-0.1, -0.05) is 51.1 Å². The van der Waals surface area contributed by atoms with Gasteiger partial charge in [0.2, 0.25) is 5.91 Å². The number of hydrogen-bond acceptors (Lipinski definition) is 3. The molecule has 1 aromatic carbocycles. The van der Waals surface area contributed by atoms with Crippen molar-refractivity contribution in [1.82, 2.24) is 0 Å². The highest BCUT2D eigenvalue weighted by molar-refractivity contribution is 7.17. The number of thiophene rings is 1. The number of carbonyl (C=O) groups is 2. The molecular weight excluding hydrogens is 368 g/mol. The van der Waals surface area contributed by atoms with Gasteiger partial charge in [-0.2, -0.15) is 0 Å². The average Bonchev–Trinajstić information content (AvgIpc) is 3.36. The second kappa shape index (κ2) is 7.03. The molecule has 5 heteroatoms. The lowest BCUT2D eigenvalue weighted by Gasteiger charge is -2.33. The van der Waals surface area contributed by atoms with E-state index in [4.69, 9.17) is 5.73 Å². The summed E-state index contributed by atoms with van der Waals surface area (Å²) in [6.07, 6.45) is 3.73. The molecule has 148 valence electrons. The number of benzene rings is 1. The number of fused-ring (bicyclic) bond motifs is 1. The van der Waals surface area contributed by atoms with Crippen LogP contribution in [-0.4, -0.2) is 11.8 Å². The van der Waals surface area contributed by atoms with Crippen molar-refractivity contribution >= 4 is 28.2 Å². The minimum absolute atomic E-state index is 0.00215. The van der Waals surface area contributed by atoms with Crippen LogP contribution < -0.4 is 11.1 Å². The van der Waals surface area contributed by atoms with E-state index in [2.05, 4.69) is 38.2 Å². The molecular formula is C23H28N2O2S. The predicted octanol–water partition coefficient (Wildman–Crippen LogP) is 4.74. The number of anilines is 1. The van der Waals surface area contributed by atoms with Crippen molar-refractivity contribution in [2.75, 3.05) is 5.32 Å². The molecule has 3 atom stereocenters. The van der Waals surface area contributed by atoms with Crippen LogP contribution in [0.4, 0.5) is 5.00 Å². The Balaban J connectivity index is 1.53. The molecule has 1 fully saturated rings. The van der Waals surface area contributed by atoms with E-state index >= 15 is 0 Å². The first-order valence-electron chi connectivity index (χ1n) is 10.1. The van der Waals surface area contributed by atoms with Crippen molar-refractivity contribution in [2.24, 2.45) is 23.0 Å². The SMILES string of the molecule is CC(C)(C)[C@@H]1CCc2c(sc(NC(=O)[C@H]3C[C@@H]3c3ccccc3)c2C(N)=O)C1. The highest BCUT2D eigenvalue weighted by atomic mass is 32.1. The molecule has 0 bridgehead atoms. The van der Waals surface area contributed by atoms with Crippen molar-refractivity contribution in [2.45, 2.75) is 52.4 Å². The van der Waals surface area contributed by atoms with Gasteiger partial charge in [-0.25, -0.2) is 0 Å². The first kappa shape index (κ1) is 19.2. The number of rotatable bonds is 4. The summed E-state index contributed by atoms with van der Waals surface area (Å²) in [5, 5.41) is 3.69. The molecule has 0 radical (unpaired) electrons. The summed E-state index contributed by atoms with van der Waals surface area (Å²) in [4.78, 5) is 26.2. The largest absolute Gasteiger partial charge is 0.365 e. The summed E-state index contributed by atoms with van der Waals surface area (Å²) in [6.45, 7) is 6.81.